The molecule has 1 fully saturated rings. The molecule has 0 unspecified atom stereocenters. The minimum absolute atomic E-state index is 0.167. The fraction of sp³-hybridized carbons (Fsp3) is 0.367. The van der Waals surface area contributed by atoms with Gasteiger partial charge < -0.3 is 23.9 Å². The molecule has 0 bridgehead atoms. The van der Waals surface area contributed by atoms with Crippen LogP contribution in [0.2, 0.25) is 0 Å². The van der Waals surface area contributed by atoms with Crippen LogP contribution >= 0.6 is 0 Å². The van der Waals surface area contributed by atoms with E-state index in [0.29, 0.717) is 42.3 Å². The lowest BCUT2D eigenvalue weighted by molar-refractivity contribution is 0.0708. The van der Waals surface area contributed by atoms with Crippen molar-refractivity contribution in [1.29, 1.82) is 0 Å². The molecule has 0 aliphatic carbocycles. The molecule has 3 heterocycles. The number of H-pyrrole nitrogens is 1. The Morgan fingerprint density at radius 1 is 1.11 bits per heavy atom. The first-order chi connectivity index (χ1) is 18.6. The van der Waals surface area contributed by atoms with Crippen LogP contribution in [0.1, 0.15) is 53.3 Å². The van der Waals surface area contributed by atoms with Gasteiger partial charge in [-0.25, -0.2) is 4.98 Å². The zero-order valence-corrected chi connectivity index (χ0v) is 21.8. The van der Waals surface area contributed by atoms with E-state index in [2.05, 4.69) is 26.7 Å². The number of methoxy groups -OCH3 is 1. The molecular formula is C30H34N4O4. The van der Waals surface area contributed by atoms with Gasteiger partial charge in [0.25, 0.3) is 5.91 Å². The highest BCUT2D eigenvalue weighted by molar-refractivity contribution is 5.97. The minimum atomic E-state index is -0.270. The van der Waals surface area contributed by atoms with Gasteiger partial charge in [0.15, 0.2) is 0 Å². The van der Waals surface area contributed by atoms with Crippen LogP contribution in [0.15, 0.2) is 71.9 Å². The number of carbonyl (C=O) groups is 1. The van der Waals surface area contributed by atoms with Crippen LogP contribution < -0.4 is 10.2 Å². The number of carbonyl (C=O) groups excluding carboxylic acids is 1. The number of aromatic amines is 1. The molecule has 198 valence electrons. The fourth-order valence-corrected chi connectivity index (χ4v) is 5.11. The Morgan fingerprint density at radius 2 is 1.92 bits per heavy atom. The highest BCUT2D eigenvalue weighted by Gasteiger charge is 2.28. The van der Waals surface area contributed by atoms with Crippen molar-refractivity contribution in [3.63, 3.8) is 0 Å². The third-order valence-electron chi connectivity index (χ3n) is 7.26. The number of aryl methyl sites for hydroxylation is 1. The Kier molecular flexibility index (Phi) is 8.19. The van der Waals surface area contributed by atoms with Crippen molar-refractivity contribution in [2.24, 2.45) is 0 Å². The van der Waals surface area contributed by atoms with E-state index in [1.54, 1.807) is 30.2 Å². The van der Waals surface area contributed by atoms with Crippen LogP contribution in [-0.4, -0.2) is 52.1 Å². The number of aromatic nitrogens is 3. The van der Waals surface area contributed by atoms with E-state index in [9.17, 15) is 9.59 Å². The van der Waals surface area contributed by atoms with Crippen molar-refractivity contribution < 1.29 is 14.3 Å². The monoisotopic (exact) mass is 514 g/mol. The average molecular weight is 515 g/mol. The summed E-state index contributed by atoms with van der Waals surface area (Å²) in [6.45, 7) is 3.48. The van der Waals surface area contributed by atoms with Gasteiger partial charge in [0.05, 0.1) is 13.7 Å². The lowest BCUT2D eigenvalue weighted by atomic mass is 9.95. The van der Waals surface area contributed by atoms with Crippen LogP contribution in [0, 0.1) is 0 Å². The molecular weight excluding hydrogens is 480 g/mol. The van der Waals surface area contributed by atoms with Gasteiger partial charge in [-0.3, -0.25) is 9.59 Å². The predicted molar refractivity (Wildman–Crippen MR) is 147 cm³/mol. The molecule has 1 amide bonds. The summed E-state index contributed by atoms with van der Waals surface area (Å²) >= 11 is 0. The zero-order valence-electron chi connectivity index (χ0n) is 21.8. The molecule has 1 aliphatic heterocycles. The van der Waals surface area contributed by atoms with Crippen LogP contribution in [0.4, 0.5) is 0 Å². The first kappa shape index (κ1) is 25.7. The summed E-state index contributed by atoms with van der Waals surface area (Å²) in [4.78, 5) is 35.8. The number of likely N-dealkylation sites (tertiary alicyclic amines) is 1. The lowest BCUT2D eigenvalue weighted by Crippen LogP contribution is -2.40. The Hall–Kier alpha value is -3.91. The summed E-state index contributed by atoms with van der Waals surface area (Å²) in [6.07, 6.45) is 9.09. The number of benzene rings is 2. The SMILES string of the molecule is COc1ccc2[nH]cc(C(=O)N3CCC(c4nccn4CCCCOCc4ccccc4)CC3)c(=O)c2c1. The summed E-state index contributed by atoms with van der Waals surface area (Å²) in [5.74, 6) is 1.73. The van der Waals surface area contributed by atoms with Crippen molar-refractivity contribution >= 4 is 16.8 Å². The van der Waals surface area contributed by atoms with Gasteiger partial charge in [0.1, 0.15) is 17.1 Å². The number of rotatable bonds is 10. The molecule has 0 atom stereocenters. The first-order valence-electron chi connectivity index (χ1n) is 13.3. The number of ether oxygens (including phenoxy) is 2. The number of hydrogen-bond donors (Lipinski definition) is 1. The van der Waals surface area contributed by atoms with E-state index < -0.39 is 0 Å². The topological polar surface area (TPSA) is 89.5 Å². The molecule has 1 aliphatic rings. The number of nitrogens with zero attached hydrogens (tertiary/aromatic N) is 3. The first-order valence-corrected chi connectivity index (χ1v) is 13.3. The number of hydrogen-bond acceptors (Lipinski definition) is 5. The van der Waals surface area contributed by atoms with E-state index in [1.165, 1.54) is 11.8 Å². The summed E-state index contributed by atoms with van der Waals surface area (Å²) in [5, 5.41) is 0.456. The Labute approximate surface area is 222 Å². The number of imidazole rings is 1. The Balaban J connectivity index is 1.13. The Morgan fingerprint density at radius 3 is 2.71 bits per heavy atom. The molecule has 1 N–H and O–H groups in total. The standard InChI is InChI=1S/C30H34N4O4/c1-37-24-9-10-27-25(19-24)28(35)26(20-32-27)30(36)34-15-11-23(12-16-34)29-31-13-17-33(29)14-5-6-18-38-21-22-7-3-2-4-8-22/h2-4,7-10,13,17,19-20,23H,5-6,11-12,14-16,18,21H2,1H3,(H,32,35). The number of nitrogens with one attached hydrogen (secondary N) is 1. The average Bonchev–Trinajstić information content (AvgIpc) is 3.44. The van der Waals surface area contributed by atoms with E-state index in [0.717, 1.165) is 44.7 Å². The molecule has 0 spiro atoms. The smallest absolute Gasteiger partial charge is 0.259 e. The summed E-state index contributed by atoms with van der Waals surface area (Å²) in [5.41, 5.74) is 1.77. The van der Waals surface area contributed by atoms with Gasteiger partial charge in [-0.15, -0.1) is 0 Å². The number of pyridine rings is 1. The maximum Gasteiger partial charge on any atom is 0.259 e. The van der Waals surface area contributed by atoms with Gasteiger partial charge in [-0.2, -0.15) is 0 Å². The molecule has 8 nitrogen and oxygen atoms in total. The molecule has 0 radical (unpaired) electrons. The maximum atomic E-state index is 13.2. The number of amides is 1. The third kappa shape index (κ3) is 5.81. The summed E-state index contributed by atoms with van der Waals surface area (Å²) < 4.78 is 13.3. The summed E-state index contributed by atoms with van der Waals surface area (Å²) in [6, 6.07) is 15.5. The molecule has 1 saturated heterocycles. The third-order valence-corrected chi connectivity index (χ3v) is 7.26. The van der Waals surface area contributed by atoms with Crippen LogP contribution in [0.3, 0.4) is 0 Å². The second kappa shape index (κ2) is 12.1. The Bertz CT molecular complexity index is 1420. The molecule has 2 aromatic carbocycles. The normalized spacial score (nSPS) is 14.2. The second-order valence-corrected chi connectivity index (χ2v) is 9.73. The quantitative estimate of drug-likeness (QED) is 0.309. The molecule has 8 heteroatoms. The van der Waals surface area contributed by atoms with Gasteiger partial charge in [-0.05, 0) is 49.4 Å². The lowest BCUT2D eigenvalue weighted by Gasteiger charge is -2.32. The molecule has 2 aromatic heterocycles. The maximum absolute atomic E-state index is 13.2. The van der Waals surface area contributed by atoms with E-state index in [1.807, 2.05) is 30.6 Å². The van der Waals surface area contributed by atoms with Gasteiger partial charge in [-0.1, -0.05) is 30.3 Å². The number of piperidine rings is 1. The minimum Gasteiger partial charge on any atom is -0.497 e. The highest BCUT2D eigenvalue weighted by atomic mass is 16.5. The fourth-order valence-electron chi connectivity index (χ4n) is 5.11. The highest BCUT2D eigenvalue weighted by Crippen LogP contribution is 2.28. The molecule has 0 saturated carbocycles. The van der Waals surface area contributed by atoms with Crippen LogP contribution in [0.5, 0.6) is 5.75 Å². The largest absolute Gasteiger partial charge is 0.497 e. The molecule has 38 heavy (non-hydrogen) atoms. The zero-order chi connectivity index (χ0) is 26.3. The van der Waals surface area contributed by atoms with Crippen molar-refractivity contribution in [2.45, 2.75) is 44.8 Å². The van der Waals surface area contributed by atoms with E-state index in [-0.39, 0.29) is 16.9 Å². The molecule has 5 rings (SSSR count). The van der Waals surface area contributed by atoms with Crippen molar-refractivity contribution in [1.82, 2.24) is 19.4 Å². The number of fused-ring (bicyclic) bond motifs is 1. The van der Waals surface area contributed by atoms with Crippen LogP contribution in [0.25, 0.3) is 10.9 Å². The predicted octanol–water partition coefficient (Wildman–Crippen LogP) is 4.75. The van der Waals surface area contributed by atoms with Gasteiger partial charge in [0.2, 0.25) is 5.43 Å². The van der Waals surface area contributed by atoms with Gasteiger partial charge in [0, 0.05) is 61.7 Å². The van der Waals surface area contributed by atoms with Crippen LogP contribution in [-0.2, 0) is 17.9 Å². The molecule has 4 aromatic rings. The number of unbranched alkanes of at least 4 members (excludes halogenated alkanes) is 1. The second-order valence-electron chi connectivity index (χ2n) is 9.73. The summed E-state index contributed by atoms with van der Waals surface area (Å²) in [7, 11) is 1.56. The van der Waals surface area contributed by atoms with E-state index >= 15 is 0 Å². The van der Waals surface area contributed by atoms with E-state index in [4.69, 9.17) is 9.47 Å². The van der Waals surface area contributed by atoms with Crippen molar-refractivity contribution in [3.8, 4) is 5.75 Å². The van der Waals surface area contributed by atoms with Gasteiger partial charge >= 0.3 is 0 Å². The van der Waals surface area contributed by atoms with Crippen molar-refractivity contribution in [3.05, 3.63) is 94.3 Å². The van der Waals surface area contributed by atoms with Crippen molar-refractivity contribution in [2.75, 3.05) is 26.8 Å².